The molecule has 0 aliphatic heterocycles. The minimum Gasteiger partial charge on any atom is -0.325 e. The smallest absolute Gasteiger partial charge is 0.261 e. The lowest BCUT2D eigenvalue weighted by molar-refractivity contribution is -0.114. The van der Waals surface area contributed by atoms with E-state index >= 15 is 0 Å². The Kier molecular flexibility index (Phi) is 7.85. The van der Waals surface area contributed by atoms with Gasteiger partial charge in [-0.15, -0.1) is 0 Å². The van der Waals surface area contributed by atoms with Crippen LogP contribution >= 0.6 is 0 Å². The molecule has 36 heavy (non-hydrogen) atoms. The Morgan fingerprint density at radius 3 is 2.17 bits per heavy atom. The van der Waals surface area contributed by atoms with E-state index in [1.54, 1.807) is 19.1 Å². The van der Waals surface area contributed by atoms with E-state index in [1.165, 1.54) is 49.4 Å². The molecular formula is C25H27N3O6S2. The average Bonchev–Trinajstić information content (AvgIpc) is 2.79. The number of hydrogen-bond acceptors (Lipinski definition) is 6. The van der Waals surface area contributed by atoms with E-state index in [1.807, 2.05) is 19.1 Å². The summed E-state index contributed by atoms with van der Waals surface area (Å²) in [5, 5.41) is 2.57. The second kappa shape index (κ2) is 10.5. The predicted molar refractivity (Wildman–Crippen MR) is 140 cm³/mol. The highest BCUT2D eigenvalue weighted by atomic mass is 32.2. The van der Waals surface area contributed by atoms with E-state index in [9.17, 15) is 26.4 Å². The number of benzene rings is 3. The number of nitrogens with one attached hydrogen (secondary N) is 2. The fourth-order valence-corrected chi connectivity index (χ4v) is 5.35. The Hall–Kier alpha value is -3.70. The molecule has 0 heterocycles. The molecule has 11 heteroatoms. The molecule has 1 amide bonds. The number of carbonyl (C=O) groups is 2. The van der Waals surface area contributed by atoms with Crippen molar-refractivity contribution in [1.82, 2.24) is 0 Å². The van der Waals surface area contributed by atoms with Gasteiger partial charge in [0.15, 0.2) is 5.78 Å². The summed E-state index contributed by atoms with van der Waals surface area (Å²) in [5.74, 6) is -0.880. The van der Waals surface area contributed by atoms with Crippen LogP contribution in [-0.4, -0.2) is 41.3 Å². The largest absolute Gasteiger partial charge is 0.325 e. The van der Waals surface area contributed by atoms with Crippen molar-refractivity contribution in [2.75, 3.05) is 27.1 Å². The van der Waals surface area contributed by atoms with Gasteiger partial charge in [-0.1, -0.05) is 24.3 Å². The van der Waals surface area contributed by atoms with Crippen molar-refractivity contribution < 1.29 is 26.4 Å². The van der Waals surface area contributed by atoms with Gasteiger partial charge in [0.05, 0.1) is 22.5 Å². The van der Waals surface area contributed by atoms with Crippen LogP contribution in [0.3, 0.4) is 0 Å². The lowest BCUT2D eigenvalue weighted by atomic mass is 10.1. The van der Waals surface area contributed by atoms with Crippen LogP contribution in [0.2, 0.25) is 0 Å². The van der Waals surface area contributed by atoms with E-state index in [-0.39, 0.29) is 22.1 Å². The normalized spacial score (nSPS) is 11.6. The Bertz CT molecular complexity index is 1520. The zero-order chi connectivity index (χ0) is 26.7. The SMILES string of the molecule is CC(=O)c1cccc(N(CC(=O)Nc2ccc(S(=O)(=O)Nc3cc(C)ccc3C)cc2)S(C)(=O)=O)c1. The van der Waals surface area contributed by atoms with Gasteiger partial charge in [-0.05, 0) is 74.4 Å². The number of ketones is 1. The molecule has 0 radical (unpaired) electrons. The Morgan fingerprint density at radius 2 is 1.56 bits per heavy atom. The molecular weight excluding hydrogens is 502 g/mol. The van der Waals surface area contributed by atoms with E-state index in [2.05, 4.69) is 10.0 Å². The van der Waals surface area contributed by atoms with Gasteiger partial charge in [0.25, 0.3) is 10.0 Å². The zero-order valence-corrected chi connectivity index (χ0v) is 21.9. The second-order valence-electron chi connectivity index (χ2n) is 8.37. The minimum absolute atomic E-state index is 0.000199. The van der Waals surface area contributed by atoms with E-state index in [0.29, 0.717) is 11.3 Å². The maximum Gasteiger partial charge on any atom is 0.261 e. The number of hydrogen-bond donors (Lipinski definition) is 2. The van der Waals surface area contributed by atoms with Gasteiger partial charge in [-0.3, -0.25) is 18.6 Å². The number of rotatable bonds is 9. The molecule has 0 atom stereocenters. The Labute approximate surface area is 211 Å². The molecule has 0 saturated carbocycles. The quantitative estimate of drug-likeness (QED) is 0.407. The topological polar surface area (TPSA) is 130 Å². The molecule has 0 saturated heterocycles. The third kappa shape index (κ3) is 6.70. The standard InChI is InChI=1S/C25H27N3O6S2/c1-17-8-9-18(2)24(14-17)27-36(33,34)23-12-10-21(11-13-23)26-25(30)16-28(35(4,31)32)22-7-5-6-20(15-22)19(3)29/h5-15,27H,16H2,1-4H3,(H,26,30). The van der Waals surface area contributed by atoms with Crippen LogP contribution in [0.15, 0.2) is 71.6 Å². The number of amides is 1. The van der Waals surface area contributed by atoms with Gasteiger partial charge in [0.2, 0.25) is 15.9 Å². The molecule has 2 N–H and O–H groups in total. The zero-order valence-electron chi connectivity index (χ0n) is 20.3. The Morgan fingerprint density at radius 1 is 0.889 bits per heavy atom. The highest BCUT2D eigenvalue weighted by Crippen LogP contribution is 2.23. The third-order valence-corrected chi connectivity index (χ3v) is 7.84. The first kappa shape index (κ1) is 26.9. The molecule has 3 aromatic rings. The van der Waals surface area contributed by atoms with Crippen molar-refractivity contribution in [2.24, 2.45) is 0 Å². The van der Waals surface area contributed by atoms with Crippen molar-refractivity contribution in [3.05, 3.63) is 83.4 Å². The van der Waals surface area contributed by atoms with Crippen molar-refractivity contribution in [2.45, 2.75) is 25.7 Å². The van der Waals surface area contributed by atoms with Gasteiger partial charge in [-0.25, -0.2) is 16.8 Å². The van der Waals surface area contributed by atoms with Crippen LogP contribution in [0, 0.1) is 13.8 Å². The lowest BCUT2D eigenvalue weighted by Crippen LogP contribution is -2.37. The fourth-order valence-electron chi connectivity index (χ4n) is 3.38. The van der Waals surface area contributed by atoms with Crippen molar-refractivity contribution in [3.63, 3.8) is 0 Å². The maximum absolute atomic E-state index is 12.8. The van der Waals surface area contributed by atoms with Gasteiger partial charge in [0, 0.05) is 11.3 Å². The molecule has 0 unspecified atom stereocenters. The average molecular weight is 530 g/mol. The van der Waals surface area contributed by atoms with Crippen LogP contribution in [0.5, 0.6) is 0 Å². The van der Waals surface area contributed by atoms with Crippen LogP contribution < -0.4 is 14.3 Å². The first-order valence-corrected chi connectivity index (χ1v) is 14.2. The summed E-state index contributed by atoms with van der Waals surface area (Å²) < 4.78 is 53.7. The molecule has 3 rings (SSSR count). The number of anilines is 3. The second-order valence-corrected chi connectivity index (χ2v) is 12.0. The monoisotopic (exact) mass is 529 g/mol. The number of nitrogens with zero attached hydrogens (tertiary/aromatic N) is 1. The minimum atomic E-state index is -3.86. The molecule has 0 fully saturated rings. The predicted octanol–water partition coefficient (Wildman–Crippen LogP) is 3.71. The summed E-state index contributed by atoms with van der Waals surface area (Å²) in [6.45, 7) is 4.48. The van der Waals surface area contributed by atoms with Gasteiger partial charge in [0.1, 0.15) is 6.54 Å². The Balaban J connectivity index is 1.75. The summed E-state index contributed by atoms with van der Waals surface area (Å²) in [7, 11) is -7.70. The lowest BCUT2D eigenvalue weighted by Gasteiger charge is -2.22. The van der Waals surface area contributed by atoms with Crippen LogP contribution in [0.1, 0.15) is 28.4 Å². The van der Waals surface area contributed by atoms with Crippen molar-refractivity contribution >= 4 is 48.8 Å². The van der Waals surface area contributed by atoms with Gasteiger partial charge < -0.3 is 5.32 Å². The highest BCUT2D eigenvalue weighted by Gasteiger charge is 2.22. The fraction of sp³-hybridized carbons (Fsp3) is 0.200. The molecule has 0 bridgehead atoms. The number of carbonyl (C=O) groups excluding carboxylic acids is 2. The van der Waals surface area contributed by atoms with Crippen LogP contribution in [0.25, 0.3) is 0 Å². The van der Waals surface area contributed by atoms with Gasteiger partial charge >= 0.3 is 0 Å². The summed E-state index contributed by atoms with van der Waals surface area (Å²) in [6.07, 6.45) is 0.962. The molecule has 0 aliphatic carbocycles. The van der Waals surface area contributed by atoms with Crippen LogP contribution in [0.4, 0.5) is 17.1 Å². The number of sulfonamides is 2. The molecule has 3 aromatic carbocycles. The van der Waals surface area contributed by atoms with E-state index in [4.69, 9.17) is 0 Å². The van der Waals surface area contributed by atoms with Gasteiger partial charge in [-0.2, -0.15) is 0 Å². The maximum atomic E-state index is 12.8. The molecule has 0 aliphatic rings. The first-order chi connectivity index (χ1) is 16.8. The summed E-state index contributed by atoms with van der Waals surface area (Å²) in [6, 6.07) is 16.9. The summed E-state index contributed by atoms with van der Waals surface area (Å²) in [5.41, 5.74) is 2.94. The van der Waals surface area contributed by atoms with E-state index in [0.717, 1.165) is 21.7 Å². The van der Waals surface area contributed by atoms with Crippen molar-refractivity contribution in [1.29, 1.82) is 0 Å². The molecule has 190 valence electrons. The number of Topliss-reactive ketones (excluding diaryl/α,β-unsaturated/α-hetero) is 1. The third-order valence-electron chi connectivity index (χ3n) is 5.31. The molecule has 9 nitrogen and oxygen atoms in total. The molecule has 0 spiro atoms. The molecule has 0 aromatic heterocycles. The summed E-state index contributed by atoms with van der Waals surface area (Å²) >= 11 is 0. The van der Waals surface area contributed by atoms with Crippen LogP contribution in [-0.2, 0) is 24.8 Å². The number of aryl methyl sites for hydroxylation is 2. The first-order valence-electron chi connectivity index (χ1n) is 10.8. The van der Waals surface area contributed by atoms with Crippen molar-refractivity contribution in [3.8, 4) is 0 Å². The van der Waals surface area contributed by atoms with E-state index < -0.39 is 32.5 Å². The highest BCUT2D eigenvalue weighted by molar-refractivity contribution is 7.92. The summed E-state index contributed by atoms with van der Waals surface area (Å²) in [4.78, 5) is 24.3.